The van der Waals surface area contributed by atoms with Crippen molar-refractivity contribution in [2.24, 2.45) is 7.05 Å². The van der Waals surface area contributed by atoms with Crippen molar-refractivity contribution in [3.8, 4) is 16.9 Å². The normalized spacial score (nSPS) is 11.6. The summed E-state index contributed by atoms with van der Waals surface area (Å²) < 4.78 is 31.7. The molecule has 3 N–H and O–H groups in total. The molecule has 0 fully saturated rings. The Kier molecular flexibility index (Phi) is 5.94. The van der Waals surface area contributed by atoms with E-state index in [1.54, 1.807) is 31.3 Å². The third-order valence-corrected chi connectivity index (χ3v) is 7.42. The van der Waals surface area contributed by atoms with Gasteiger partial charge in [-0.15, -0.1) is 0 Å². The number of nitrogens with zero attached hydrogens (tertiary/aromatic N) is 4. The molecule has 0 saturated carbocycles. The molecule has 4 rings (SSSR count). The van der Waals surface area contributed by atoms with Crippen molar-refractivity contribution in [3.63, 3.8) is 0 Å². The second-order valence-electron chi connectivity index (χ2n) is 7.66. The lowest BCUT2D eigenvalue weighted by atomic mass is 10.1. The number of anilines is 2. The molecule has 4 aromatic rings. The Balaban J connectivity index is 1.58. The number of sulfone groups is 1. The van der Waals surface area contributed by atoms with Gasteiger partial charge in [0.25, 0.3) is 0 Å². The summed E-state index contributed by atoms with van der Waals surface area (Å²) in [5.41, 5.74) is 10.5. The Bertz CT molecular complexity index is 1450. The van der Waals surface area contributed by atoms with Crippen molar-refractivity contribution >= 4 is 32.5 Å². The zero-order chi connectivity index (χ0) is 23.8. The van der Waals surface area contributed by atoms with Crippen LogP contribution in [0.2, 0.25) is 0 Å². The van der Waals surface area contributed by atoms with E-state index in [0.29, 0.717) is 28.6 Å². The standard InChI is InChI=1S/C23H26N6O3S/c1-5-33(30,31)17-7-9-21(32-4)16(10-17)12-25-23-26-13-19(22(24)27-23)15-6-8-18-14(2)29(3)28-20(18)11-15/h6-11,13H,5,12H2,1-4H3,(H3,24,25,26,27). The quantitative estimate of drug-likeness (QED) is 0.425. The molecule has 9 nitrogen and oxygen atoms in total. The van der Waals surface area contributed by atoms with Crippen LogP contribution in [0.25, 0.3) is 22.0 Å². The fourth-order valence-corrected chi connectivity index (χ4v) is 4.56. The lowest BCUT2D eigenvalue weighted by Crippen LogP contribution is -2.09. The molecule has 10 heteroatoms. The van der Waals surface area contributed by atoms with Crippen LogP contribution >= 0.6 is 0 Å². The molecular formula is C23H26N6O3S. The van der Waals surface area contributed by atoms with Crippen LogP contribution in [-0.2, 0) is 23.4 Å². The Morgan fingerprint density at radius 3 is 2.67 bits per heavy atom. The number of rotatable bonds is 7. The summed E-state index contributed by atoms with van der Waals surface area (Å²) in [6.45, 7) is 3.91. The van der Waals surface area contributed by atoms with Crippen molar-refractivity contribution in [2.45, 2.75) is 25.3 Å². The van der Waals surface area contributed by atoms with Gasteiger partial charge in [-0.05, 0) is 36.8 Å². The largest absolute Gasteiger partial charge is 0.496 e. The molecule has 2 heterocycles. The molecule has 0 spiro atoms. The molecule has 33 heavy (non-hydrogen) atoms. The summed E-state index contributed by atoms with van der Waals surface area (Å²) in [6.07, 6.45) is 1.66. The van der Waals surface area contributed by atoms with Crippen LogP contribution < -0.4 is 15.8 Å². The summed E-state index contributed by atoms with van der Waals surface area (Å²) in [5.74, 6) is 1.25. The minimum absolute atomic E-state index is 0.0250. The number of aromatic nitrogens is 4. The molecule has 0 aliphatic carbocycles. The SMILES string of the molecule is CCS(=O)(=O)c1ccc(OC)c(CNc2ncc(-c3ccc4c(C)n(C)nc4c3)c(N)n2)c1. The monoisotopic (exact) mass is 466 g/mol. The minimum atomic E-state index is -3.33. The third-order valence-electron chi connectivity index (χ3n) is 5.69. The van der Waals surface area contributed by atoms with Crippen LogP contribution in [0.3, 0.4) is 0 Å². The van der Waals surface area contributed by atoms with Crippen molar-refractivity contribution in [2.75, 3.05) is 23.9 Å². The number of fused-ring (bicyclic) bond motifs is 1. The van der Waals surface area contributed by atoms with Gasteiger partial charge in [0.15, 0.2) is 9.84 Å². The molecule has 0 amide bonds. The summed E-state index contributed by atoms with van der Waals surface area (Å²) in [7, 11) is 0.120. The second-order valence-corrected chi connectivity index (χ2v) is 9.94. The molecule has 0 radical (unpaired) electrons. The van der Waals surface area contributed by atoms with Gasteiger partial charge < -0.3 is 15.8 Å². The average Bonchev–Trinajstić information content (AvgIpc) is 3.10. The summed E-state index contributed by atoms with van der Waals surface area (Å²) in [6, 6.07) is 10.8. The highest BCUT2D eigenvalue weighted by Gasteiger charge is 2.15. The lowest BCUT2D eigenvalue weighted by molar-refractivity contribution is 0.410. The number of hydrogen-bond acceptors (Lipinski definition) is 8. The van der Waals surface area contributed by atoms with E-state index < -0.39 is 9.84 Å². The van der Waals surface area contributed by atoms with Crippen molar-refractivity contribution in [3.05, 3.63) is 53.9 Å². The number of nitrogens with two attached hydrogens (primary N) is 1. The van der Waals surface area contributed by atoms with Gasteiger partial charge in [0.05, 0.1) is 23.3 Å². The van der Waals surface area contributed by atoms with Crippen molar-refractivity contribution in [1.29, 1.82) is 0 Å². The van der Waals surface area contributed by atoms with Crippen LogP contribution in [0.4, 0.5) is 11.8 Å². The fraction of sp³-hybridized carbons (Fsp3) is 0.261. The number of methoxy groups -OCH3 is 1. The maximum absolute atomic E-state index is 12.2. The van der Waals surface area contributed by atoms with Crippen LogP contribution in [0, 0.1) is 6.92 Å². The van der Waals surface area contributed by atoms with Crippen LogP contribution in [0.1, 0.15) is 18.2 Å². The van der Waals surface area contributed by atoms with Gasteiger partial charge in [-0.1, -0.05) is 19.1 Å². The Morgan fingerprint density at radius 2 is 1.97 bits per heavy atom. The van der Waals surface area contributed by atoms with Gasteiger partial charge in [0, 0.05) is 42.0 Å². The maximum Gasteiger partial charge on any atom is 0.224 e. The molecule has 0 atom stereocenters. The molecule has 0 aliphatic heterocycles. The Hall–Kier alpha value is -3.66. The predicted octanol–water partition coefficient (Wildman–Crippen LogP) is 3.34. The first-order valence-electron chi connectivity index (χ1n) is 10.4. The second kappa shape index (κ2) is 8.70. The number of hydrogen-bond donors (Lipinski definition) is 2. The smallest absolute Gasteiger partial charge is 0.224 e. The fourth-order valence-electron chi connectivity index (χ4n) is 3.63. The van der Waals surface area contributed by atoms with Crippen LogP contribution in [0.5, 0.6) is 5.75 Å². The summed E-state index contributed by atoms with van der Waals surface area (Å²) in [4.78, 5) is 9.02. The first-order chi connectivity index (χ1) is 15.7. The zero-order valence-electron chi connectivity index (χ0n) is 19.0. The van der Waals surface area contributed by atoms with Gasteiger partial charge >= 0.3 is 0 Å². The van der Waals surface area contributed by atoms with E-state index in [-0.39, 0.29) is 17.2 Å². The minimum Gasteiger partial charge on any atom is -0.496 e. The highest BCUT2D eigenvalue weighted by molar-refractivity contribution is 7.91. The van der Waals surface area contributed by atoms with Gasteiger partial charge in [-0.3, -0.25) is 4.68 Å². The number of benzene rings is 2. The van der Waals surface area contributed by atoms with Gasteiger partial charge in [0.2, 0.25) is 5.95 Å². The highest BCUT2D eigenvalue weighted by Crippen LogP contribution is 2.29. The van der Waals surface area contributed by atoms with Crippen molar-refractivity contribution < 1.29 is 13.2 Å². The highest BCUT2D eigenvalue weighted by atomic mass is 32.2. The first kappa shape index (κ1) is 22.5. The summed E-state index contributed by atoms with van der Waals surface area (Å²) in [5, 5.41) is 8.71. The predicted molar refractivity (Wildman–Crippen MR) is 129 cm³/mol. The molecule has 0 saturated heterocycles. The van der Waals surface area contributed by atoms with E-state index in [9.17, 15) is 8.42 Å². The molecule has 0 aliphatic rings. The Morgan fingerprint density at radius 1 is 1.18 bits per heavy atom. The van der Waals surface area contributed by atoms with Crippen LogP contribution in [0.15, 0.2) is 47.5 Å². The van der Waals surface area contributed by atoms with E-state index in [4.69, 9.17) is 10.5 Å². The number of aryl methyl sites for hydroxylation is 2. The van der Waals surface area contributed by atoms with E-state index in [1.807, 2.05) is 36.9 Å². The number of ether oxygens (including phenoxy) is 1. The molecule has 0 bridgehead atoms. The number of nitrogens with one attached hydrogen (secondary N) is 1. The van der Waals surface area contributed by atoms with Gasteiger partial charge in [-0.25, -0.2) is 13.4 Å². The van der Waals surface area contributed by atoms with Crippen molar-refractivity contribution in [1.82, 2.24) is 19.7 Å². The Labute approximate surface area is 192 Å². The van der Waals surface area contributed by atoms with Crippen LogP contribution in [-0.4, -0.2) is 41.0 Å². The van der Waals surface area contributed by atoms with E-state index in [2.05, 4.69) is 20.4 Å². The lowest BCUT2D eigenvalue weighted by Gasteiger charge is -2.13. The molecule has 172 valence electrons. The summed E-state index contributed by atoms with van der Waals surface area (Å²) >= 11 is 0. The topological polar surface area (TPSA) is 125 Å². The molecule has 2 aromatic heterocycles. The zero-order valence-corrected chi connectivity index (χ0v) is 19.8. The molecule has 2 aromatic carbocycles. The van der Waals surface area contributed by atoms with Gasteiger partial charge in [-0.2, -0.15) is 10.1 Å². The van der Waals surface area contributed by atoms with E-state index >= 15 is 0 Å². The molecular weight excluding hydrogens is 440 g/mol. The molecule has 0 unspecified atom stereocenters. The first-order valence-corrected chi connectivity index (χ1v) is 12.1. The third kappa shape index (κ3) is 4.34. The van der Waals surface area contributed by atoms with Gasteiger partial charge in [0.1, 0.15) is 11.6 Å². The maximum atomic E-state index is 12.2. The van der Waals surface area contributed by atoms with E-state index in [0.717, 1.165) is 22.2 Å². The average molecular weight is 467 g/mol. The number of nitrogen functional groups attached to an aromatic ring is 1. The van der Waals surface area contributed by atoms with E-state index in [1.165, 1.54) is 7.11 Å².